The van der Waals surface area contributed by atoms with Crippen LogP contribution in [0.4, 0.5) is 0 Å². The van der Waals surface area contributed by atoms with Gasteiger partial charge in [0.25, 0.3) is 5.56 Å². The number of rotatable bonds is 2. The van der Waals surface area contributed by atoms with Crippen molar-refractivity contribution in [3.63, 3.8) is 0 Å². The number of carbonyl (C=O) groups excluding carboxylic acids is 1. The normalized spacial score (nSPS) is 14.4. The largest absolute Gasteiger partial charge is 0.449 e. The number of aromatic nitrogens is 2. The van der Waals surface area contributed by atoms with Crippen molar-refractivity contribution in [3.8, 4) is 11.1 Å². The summed E-state index contributed by atoms with van der Waals surface area (Å²) in [6, 6.07) is 21.0. The Bertz CT molecular complexity index is 1360. The molecule has 1 aliphatic heterocycles. The highest BCUT2D eigenvalue weighted by atomic mass is 16.5. The molecule has 1 aliphatic carbocycles. The van der Waals surface area contributed by atoms with Gasteiger partial charge in [-0.3, -0.25) is 9.36 Å². The Balaban J connectivity index is 1.39. The maximum atomic E-state index is 13.0. The van der Waals surface area contributed by atoms with Gasteiger partial charge in [-0.1, -0.05) is 48.5 Å². The summed E-state index contributed by atoms with van der Waals surface area (Å²) in [6.07, 6.45) is 1.27. The van der Waals surface area contributed by atoms with Crippen LogP contribution in [-0.2, 0) is 17.7 Å². The number of hydrogen-bond acceptors (Lipinski definition) is 4. The van der Waals surface area contributed by atoms with Crippen LogP contribution in [0.3, 0.4) is 0 Å². The number of benzene rings is 3. The summed E-state index contributed by atoms with van der Waals surface area (Å²) < 4.78 is 7.70. The quantitative estimate of drug-likeness (QED) is 0.477. The highest BCUT2D eigenvalue weighted by Crippen LogP contribution is 2.45. The zero-order valence-corrected chi connectivity index (χ0v) is 16.2. The SMILES string of the molecule is O=C(OC1c2ccccc2-c2ccccc21)c1ccc2c(=O)n3c(nc2c1)CCC3. The Morgan fingerprint density at radius 3 is 2.40 bits per heavy atom. The first kappa shape index (κ1) is 17.2. The van der Waals surface area contributed by atoms with Crippen molar-refractivity contribution in [2.75, 3.05) is 0 Å². The predicted molar refractivity (Wildman–Crippen MR) is 113 cm³/mol. The Morgan fingerprint density at radius 2 is 1.67 bits per heavy atom. The minimum atomic E-state index is -0.445. The van der Waals surface area contributed by atoms with E-state index in [1.807, 2.05) is 36.4 Å². The third kappa shape index (κ3) is 2.45. The Labute approximate surface area is 172 Å². The standard InChI is InChI=1S/C25H18N2O3/c28-24-20-12-11-15(14-21(20)26-22-10-5-13-27(22)24)25(29)30-23-18-8-3-1-6-16(18)17-7-2-4-9-19(17)23/h1-4,6-9,11-12,14,23H,5,10,13H2. The molecule has 0 fully saturated rings. The smallest absolute Gasteiger partial charge is 0.339 e. The Hall–Kier alpha value is -3.73. The van der Waals surface area contributed by atoms with Crippen molar-refractivity contribution in [1.29, 1.82) is 0 Å². The number of fused-ring (bicyclic) bond motifs is 5. The molecule has 0 spiro atoms. The molecule has 146 valence electrons. The molecule has 2 aliphatic rings. The van der Waals surface area contributed by atoms with Gasteiger partial charge in [0.1, 0.15) is 5.82 Å². The summed E-state index contributed by atoms with van der Waals surface area (Å²) in [4.78, 5) is 30.3. The van der Waals surface area contributed by atoms with Gasteiger partial charge in [-0.05, 0) is 35.7 Å². The number of hydrogen-bond donors (Lipinski definition) is 0. The van der Waals surface area contributed by atoms with Crippen LogP contribution in [0.25, 0.3) is 22.0 Å². The molecular weight excluding hydrogens is 376 g/mol. The topological polar surface area (TPSA) is 61.2 Å². The fourth-order valence-corrected chi connectivity index (χ4v) is 4.62. The first-order valence-corrected chi connectivity index (χ1v) is 10.1. The molecule has 0 radical (unpaired) electrons. The predicted octanol–water partition coefficient (Wildman–Crippen LogP) is 4.27. The molecule has 2 heterocycles. The van der Waals surface area contributed by atoms with Crippen LogP contribution >= 0.6 is 0 Å². The second-order valence-electron chi connectivity index (χ2n) is 7.78. The summed E-state index contributed by atoms with van der Waals surface area (Å²) >= 11 is 0. The summed E-state index contributed by atoms with van der Waals surface area (Å²) in [5.74, 6) is 0.368. The number of ether oxygens (including phenoxy) is 1. The molecule has 0 saturated heterocycles. The van der Waals surface area contributed by atoms with Crippen LogP contribution in [-0.4, -0.2) is 15.5 Å². The monoisotopic (exact) mass is 394 g/mol. The minimum absolute atomic E-state index is 0.0361. The van der Waals surface area contributed by atoms with Crippen molar-refractivity contribution >= 4 is 16.9 Å². The maximum absolute atomic E-state index is 13.0. The second-order valence-corrected chi connectivity index (χ2v) is 7.78. The maximum Gasteiger partial charge on any atom is 0.339 e. The van der Waals surface area contributed by atoms with Gasteiger partial charge >= 0.3 is 5.97 Å². The molecule has 0 atom stereocenters. The molecule has 0 N–H and O–H groups in total. The zero-order valence-electron chi connectivity index (χ0n) is 16.2. The minimum Gasteiger partial charge on any atom is -0.449 e. The van der Waals surface area contributed by atoms with Gasteiger partial charge < -0.3 is 4.74 Å². The van der Waals surface area contributed by atoms with Gasteiger partial charge in [-0.2, -0.15) is 0 Å². The summed E-state index contributed by atoms with van der Waals surface area (Å²) in [6.45, 7) is 0.710. The van der Waals surface area contributed by atoms with E-state index in [2.05, 4.69) is 17.1 Å². The van der Waals surface area contributed by atoms with E-state index in [4.69, 9.17) is 4.74 Å². The van der Waals surface area contributed by atoms with Gasteiger partial charge in [-0.25, -0.2) is 9.78 Å². The van der Waals surface area contributed by atoms with Crippen molar-refractivity contribution in [3.05, 3.63) is 99.6 Å². The lowest BCUT2D eigenvalue weighted by Gasteiger charge is -2.15. The zero-order chi connectivity index (χ0) is 20.2. The van der Waals surface area contributed by atoms with E-state index in [0.29, 0.717) is 23.0 Å². The molecule has 5 nitrogen and oxygen atoms in total. The molecule has 3 aromatic carbocycles. The Kier molecular flexibility index (Phi) is 3.65. The average Bonchev–Trinajstić information content (AvgIpc) is 3.37. The van der Waals surface area contributed by atoms with E-state index in [-0.39, 0.29) is 5.56 Å². The molecule has 4 aromatic rings. The van der Waals surface area contributed by atoms with Gasteiger partial charge in [-0.15, -0.1) is 0 Å². The first-order chi connectivity index (χ1) is 14.7. The molecule has 30 heavy (non-hydrogen) atoms. The molecule has 0 bridgehead atoms. The van der Waals surface area contributed by atoms with E-state index >= 15 is 0 Å². The van der Waals surface area contributed by atoms with E-state index in [9.17, 15) is 9.59 Å². The fraction of sp³-hybridized carbons (Fsp3) is 0.160. The lowest BCUT2D eigenvalue weighted by atomic mass is 10.1. The molecule has 0 unspecified atom stereocenters. The van der Waals surface area contributed by atoms with Gasteiger partial charge in [0.2, 0.25) is 0 Å². The molecule has 6 rings (SSSR count). The average molecular weight is 394 g/mol. The van der Waals surface area contributed by atoms with Gasteiger partial charge in [0.05, 0.1) is 16.5 Å². The third-order valence-corrected chi connectivity index (χ3v) is 6.05. The van der Waals surface area contributed by atoms with Crippen LogP contribution in [0.5, 0.6) is 0 Å². The Morgan fingerprint density at radius 1 is 0.967 bits per heavy atom. The van der Waals surface area contributed by atoms with Crippen LogP contribution in [0, 0.1) is 0 Å². The van der Waals surface area contributed by atoms with Gasteiger partial charge in [0, 0.05) is 24.1 Å². The van der Waals surface area contributed by atoms with E-state index in [1.54, 1.807) is 22.8 Å². The van der Waals surface area contributed by atoms with Crippen LogP contribution < -0.4 is 5.56 Å². The molecule has 1 aromatic heterocycles. The summed E-state index contributed by atoms with van der Waals surface area (Å²) in [5.41, 5.74) is 5.08. The molecule has 0 saturated carbocycles. The van der Waals surface area contributed by atoms with Crippen molar-refractivity contribution in [2.24, 2.45) is 0 Å². The third-order valence-electron chi connectivity index (χ3n) is 6.05. The lowest BCUT2D eigenvalue weighted by Crippen LogP contribution is -2.21. The van der Waals surface area contributed by atoms with E-state index in [1.165, 1.54) is 0 Å². The number of nitrogens with zero attached hydrogens (tertiary/aromatic N) is 2. The number of esters is 1. The van der Waals surface area contributed by atoms with E-state index < -0.39 is 12.1 Å². The van der Waals surface area contributed by atoms with E-state index in [0.717, 1.165) is 40.9 Å². The highest BCUT2D eigenvalue weighted by Gasteiger charge is 2.31. The second kappa shape index (κ2) is 6.39. The number of aryl methyl sites for hydroxylation is 1. The molecule has 0 amide bonds. The first-order valence-electron chi connectivity index (χ1n) is 10.1. The highest BCUT2D eigenvalue weighted by molar-refractivity contribution is 5.95. The number of carbonyl (C=O) groups is 1. The molecule has 5 heteroatoms. The van der Waals surface area contributed by atoms with Crippen molar-refractivity contribution < 1.29 is 9.53 Å². The van der Waals surface area contributed by atoms with Crippen molar-refractivity contribution in [2.45, 2.75) is 25.5 Å². The van der Waals surface area contributed by atoms with Crippen LogP contribution in [0.2, 0.25) is 0 Å². The summed E-state index contributed by atoms with van der Waals surface area (Å²) in [5, 5.41) is 0.536. The van der Waals surface area contributed by atoms with Crippen LogP contribution in [0.15, 0.2) is 71.5 Å². The van der Waals surface area contributed by atoms with Gasteiger partial charge in [0.15, 0.2) is 6.10 Å². The fourth-order valence-electron chi connectivity index (χ4n) is 4.62. The van der Waals surface area contributed by atoms with Crippen molar-refractivity contribution in [1.82, 2.24) is 9.55 Å². The lowest BCUT2D eigenvalue weighted by molar-refractivity contribution is 0.0386. The summed E-state index contributed by atoms with van der Waals surface area (Å²) in [7, 11) is 0. The van der Waals surface area contributed by atoms with Crippen LogP contribution in [0.1, 0.15) is 39.8 Å². The molecular formula is C25H18N2O3.